The standard InChI is InChI=1S/C18H23N3O2/c1-2-4-15(5-3-1)13-21-14-17(12-19-21)20-8-6-16(7-9-20)18-22-10-11-23-18/h1-5,12,14,16,18H,6-11,13H2. The molecule has 0 aliphatic carbocycles. The van der Waals surface area contributed by atoms with Crippen LogP contribution in [0.25, 0.3) is 0 Å². The molecule has 2 aliphatic rings. The van der Waals surface area contributed by atoms with Crippen molar-refractivity contribution in [2.45, 2.75) is 25.7 Å². The minimum Gasteiger partial charge on any atom is -0.369 e. The quantitative estimate of drug-likeness (QED) is 0.869. The highest BCUT2D eigenvalue weighted by Gasteiger charge is 2.30. The maximum Gasteiger partial charge on any atom is 0.160 e. The Hall–Kier alpha value is -1.85. The molecule has 3 heterocycles. The highest BCUT2D eigenvalue weighted by Crippen LogP contribution is 2.28. The lowest BCUT2D eigenvalue weighted by atomic mass is 9.96. The molecule has 0 N–H and O–H groups in total. The third-order valence-corrected chi connectivity index (χ3v) is 4.74. The van der Waals surface area contributed by atoms with Gasteiger partial charge in [0.1, 0.15) is 0 Å². The van der Waals surface area contributed by atoms with E-state index in [1.165, 1.54) is 11.3 Å². The van der Waals surface area contributed by atoms with E-state index in [2.05, 4.69) is 40.5 Å². The molecule has 1 aromatic carbocycles. The third kappa shape index (κ3) is 3.41. The molecule has 1 aromatic heterocycles. The fourth-order valence-corrected chi connectivity index (χ4v) is 3.45. The van der Waals surface area contributed by atoms with Gasteiger partial charge < -0.3 is 14.4 Å². The second-order valence-corrected chi connectivity index (χ2v) is 6.32. The molecule has 0 atom stereocenters. The molecule has 2 aliphatic heterocycles. The van der Waals surface area contributed by atoms with Crippen LogP contribution in [0.15, 0.2) is 42.7 Å². The minimum atomic E-state index is 0.0259. The first kappa shape index (κ1) is 14.7. The summed E-state index contributed by atoms with van der Waals surface area (Å²) in [5.41, 5.74) is 2.49. The fourth-order valence-electron chi connectivity index (χ4n) is 3.45. The van der Waals surface area contributed by atoms with Crippen molar-refractivity contribution in [2.75, 3.05) is 31.2 Å². The second kappa shape index (κ2) is 6.72. The number of piperidine rings is 1. The van der Waals surface area contributed by atoms with E-state index in [1.54, 1.807) is 0 Å². The van der Waals surface area contributed by atoms with Crippen LogP contribution in [-0.2, 0) is 16.0 Å². The predicted molar refractivity (Wildman–Crippen MR) is 88.4 cm³/mol. The van der Waals surface area contributed by atoms with Gasteiger partial charge in [-0.15, -0.1) is 0 Å². The molecule has 0 unspecified atom stereocenters. The SMILES string of the molecule is c1ccc(Cn2cc(N3CCC(C4OCCO4)CC3)cn2)cc1. The maximum absolute atomic E-state index is 5.65. The molecule has 4 rings (SSSR count). The molecule has 122 valence electrons. The Morgan fingerprint density at radius 3 is 2.52 bits per heavy atom. The van der Waals surface area contributed by atoms with Crippen molar-refractivity contribution in [1.82, 2.24) is 9.78 Å². The summed E-state index contributed by atoms with van der Waals surface area (Å²) in [5.74, 6) is 0.535. The first-order valence-corrected chi connectivity index (χ1v) is 8.43. The zero-order valence-corrected chi connectivity index (χ0v) is 13.3. The van der Waals surface area contributed by atoms with Crippen LogP contribution in [0.5, 0.6) is 0 Å². The molecule has 5 nitrogen and oxygen atoms in total. The molecule has 0 amide bonds. The van der Waals surface area contributed by atoms with E-state index in [-0.39, 0.29) is 6.29 Å². The molecular weight excluding hydrogens is 290 g/mol. The van der Waals surface area contributed by atoms with Gasteiger partial charge in [0.05, 0.1) is 31.6 Å². The van der Waals surface area contributed by atoms with Crippen LogP contribution < -0.4 is 4.90 Å². The Balaban J connectivity index is 1.34. The van der Waals surface area contributed by atoms with E-state index < -0.39 is 0 Å². The predicted octanol–water partition coefficient (Wildman–Crippen LogP) is 2.52. The highest BCUT2D eigenvalue weighted by molar-refractivity contribution is 5.42. The van der Waals surface area contributed by atoms with Crippen molar-refractivity contribution in [1.29, 1.82) is 0 Å². The highest BCUT2D eigenvalue weighted by atomic mass is 16.7. The number of hydrogen-bond acceptors (Lipinski definition) is 4. The zero-order valence-electron chi connectivity index (χ0n) is 13.3. The van der Waals surface area contributed by atoms with E-state index >= 15 is 0 Å². The van der Waals surface area contributed by atoms with Crippen molar-refractivity contribution in [3.63, 3.8) is 0 Å². The Labute approximate surface area is 136 Å². The number of anilines is 1. The van der Waals surface area contributed by atoms with Crippen LogP contribution in [0.1, 0.15) is 18.4 Å². The Kier molecular flexibility index (Phi) is 4.30. The van der Waals surface area contributed by atoms with E-state index in [0.29, 0.717) is 5.92 Å². The van der Waals surface area contributed by atoms with Gasteiger partial charge in [-0.05, 0) is 18.4 Å². The minimum absolute atomic E-state index is 0.0259. The summed E-state index contributed by atoms with van der Waals surface area (Å²) in [7, 11) is 0. The summed E-state index contributed by atoms with van der Waals surface area (Å²) >= 11 is 0. The van der Waals surface area contributed by atoms with Gasteiger partial charge in [-0.3, -0.25) is 4.68 Å². The Morgan fingerprint density at radius 1 is 1.04 bits per heavy atom. The van der Waals surface area contributed by atoms with Crippen molar-refractivity contribution in [2.24, 2.45) is 5.92 Å². The normalized spacial score (nSPS) is 20.3. The van der Waals surface area contributed by atoms with E-state index in [9.17, 15) is 0 Å². The van der Waals surface area contributed by atoms with Crippen molar-refractivity contribution >= 4 is 5.69 Å². The third-order valence-electron chi connectivity index (χ3n) is 4.74. The molecule has 0 saturated carbocycles. The van der Waals surface area contributed by atoms with Crippen molar-refractivity contribution < 1.29 is 9.47 Å². The lowest BCUT2D eigenvalue weighted by Gasteiger charge is -2.34. The van der Waals surface area contributed by atoms with Gasteiger partial charge in [-0.1, -0.05) is 30.3 Å². The van der Waals surface area contributed by atoms with Gasteiger partial charge in [0.2, 0.25) is 0 Å². The Bertz CT molecular complexity index is 614. The number of benzene rings is 1. The van der Waals surface area contributed by atoms with E-state index in [1.807, 2.05) is 16.9 Å². The summed E-state index contributed by atoms with van der Waals surface area (Å²) < 4.78 is 13.3. The number of hydrogen-bond donors (Lipinski definition) is 0. The smallest absolute Gasteiger partial charge is 0.160 e. The van der Waals surface area contributed by atoms with Gasteiger partial charge >= 0.3 is 0 Å². The topological polar surface area (TPSA) is 39.5 Å². The lowest BCUT2D eigenvalue weighted by molar-refractivity contribution is -0.0889. The molecule has 5 heteroatoms. The largest absolute Gasteiger partial charge is 0.369 e. The van der Waals surface area contributed by atoms with Crippen LogP contribution in [0.3, 0.4) is 0 Å². The first-order chi connectivity index (χ1) is 11.4. The Morgan fingerprint density at radius 2 is 1.78 bits per heavy atom. The average Bonchev–Trinajstić information content (AvgIpc) is 3.28. The van der Waals surface area contributed by atoms with Crippen LogP contribution in [-0.4, -0.2) is 42.4 Å². The summed E-state index contributed by atoms with van der Waals surface area (Å²) in [6.07, 6.45) is 6.39. The first-order valence-electron chi connectivity index (χ1n) is 8.43. The van der Waals surface area contributed by atoms with Crippen molar-refractivity contribution in [3.05, 3.63) is 48.3 Å². The molecule has 23 heavy (non-hydrogen) atoms. The van der Waals surface area contributed by atoms with Crippen molar-refractivity contribution in [3.8, 4) is 0 Å². The van der Waals surface area contributed by atoms with E-state index in [4.69, 9.17) is 9.47 Å². The van der Waals surface area contributed by atoms with Crippen LogP contribution >= 0.6 is 0 Å². The molecule has 2 saturated heterocycles. The second-order valence-electron chi connectivity index (χ2n) is 6.32. The van der Waals surface area contributed by atoms with Gasteiger partial charge in [0.25, 0.3) is 0 Å². The van der Waals surface area contributed by atoms with Crippen LogP contribution in [0.2, 0.25) is 0 Å². The molecule has 2 aromatic rings. The van der Waals surface area contributed by atoms with Gasteiger partial charge in [-0.2, -0.15) is 5.10 Å². The average molecular weight is 313 g/mol. The van der Waals surface area contributed by atoms with Crippen LogP contribution in [0.4, 0.5) is 5.69 Å². The number of aromatic nitrogens is 2. The maximum atomic E-state index is 5.65. The van der Waals surface area contributed by atoms with Gasteiger partial charge in [0.15, 0.2) is 6.29 Å². The molecule has 0 spiro atoms. The number of ether oxygens (including phenoxy) is 2. The molecule has 2 fully saturated rings. The van der Waals surface area contributed by atoms with Gasteiger partial charge in [0, 0.05) is 25.2 Å². The molecule has 0 radical (unpaired) electrons. The molecular formula is C18H23N3O2. The monoisotopic (exact) mass is 313 g/mol. The fraction of sp³-hybridized carbons (Fsp3) is 0.500. The summed E-state index contributed by atoms with van der Waals surface area (Å²) in [6, 6.07) is 10.4. The summed E-state index contributed by atoms with van der Waals surface area (Å²) in [4.78, 5) is 2.42. The zero-order chi connectivity index (χ0) is 15.5. The lowest BCUT2D eigenvalue weighted by Crippen LogP contribution is -2.38. The number of nitrogens with zero attached hydrogens (tertiary/aromatic N) is 3. The summed E-state index contributed by atoms with van der Waals surface area (Å²) in [5, 5.41) is 4.51. The van der Waals surface area contributed by atoms with E-state index in [0.717, 1.165) is 45.7 Å². The summed E-state index contributed by atoms with van der Waals surface area (Å²) in [6.45, 7) is 4.41. The molecule has 0 bridgehead atoms. The van der Waals surface area contributed by atoms with Gasteiger partial charge in [-0.25, -0.2) is 0 Å². The van der Waals surface area contributed by atoms with Crippen LogP contribution in [0, 0.1) is 5.92 Å². The number of rotatable bonds is 4.